The van der Waals surface area contributed by atoms with Gasteiger partial charge in [-0.2, -0.15) is 0 Å². The maximum atomic E-state index is 12.3. The summed E-state index contributed by atoms with van der Waals surface area (Å²) in [4.78, 5) is 18.2. The van der Waals surface area contributed by atoms with Crippen molar-refractivity contribution in [2.45, 2.75) is 32.7 Å². The number of carbonyl (C=O) groups is 1. The van der Waals surface area contributed by atoms with Gasteiger partial charge in [0.25, 0.3) is 5.91 Å². The summed E-state index contributed by atoms with van der Waals surface area (Å²) in [6.07, 6.45) is 3.52. The molecular formula is C13H21N3O. The van der Waals surface area contributed by atoms with Gasteiger partial charge in [0.2, 0.25) is 0 Å². The van der Waals surface area contributed by atoms with Crippen molar-refractivity contribution in [1.29, 1.82) is 0 Å². The molecule has 1 aromatic heterocycles. The van der Waals surface area contributed by atoms with Crippen LogP contribution in [-0.2, 0) is 0 Å². The first-order valence-corrected chi connectivity index (χ1v) is 6.16. The first-order valence-electron chi connectivity index (χ1n) is 6.16. The average Bonchev–Trinajstić information content (AvgIpc) is 2.39. The third-order valence-corrected chi connectivity index (χ3v) is 2.90. The van der Waals surface area contributed by atoms with E-state index in [1.54, 1.807) is 18.3 Å². The quantitative estimate of drug-likeness (QED) is 0.816. The van der Waals surface area contributed by atoms with Gasteiger partial charge in [0.1, 0.15) is 5.69 Å². The van der Waals surface area contributed by atoms with E-state index in [4.69, 9.17) is 5.73 Å². The Hall–Kier alpha value is -1.42. The zero-order valence-electron chi connectivity index (χ0n) is 10.6. The Morgan fingerprint density at radius 1 is 1.41 bits per heavy atom. The van der Waals surface area contributed by atoms with Gasteiger partial charge in [0.05, 0.1) is 0 Å². The first kappa shape index (κ1) is 13.6. The Kier molecular flexibility index (Phi) is 5.63. The molecule has 0 aliphatic rings. The van der Waals surface area contributed by atoms with E-state index in [0.717, 1.165) is 12.8 Å². The van der Waals surface area contributed by atoms with Gasteiger partial charge >= 0.3 is 0 Å². The van der Waals surface area contributed by atoms with Crippen molar-refractivity contribution in [3.05, 3.63) is 30.1 Å². The number of nitrogens with zero attached hydrogens (tertiary/aromatic N) is 2. The predicted octanol–water partition coefficient (Wildman–Crippen LogP) is 1.67. The summed E-state index contributed by atoms with van der Waals surface area (Å²) in [6, 6.07) is 5.62. The van der Waals surface area contributed by atoms with Crippen molar-refractivity contribution < 1.29 is 4.79 Å². The summed E-state index contributed by atoms with van der Waals surface area (Å²) in [7, 11) is 0. The van der Waals surface area contributed by atoms with E-state index < -0.39 is 0 Å². The Labute approximate surface area is 103 Å². The van der Waals surface area contributed by atoms with Crippen LogP contribution in [-0.4, -0.2) is 34.9 Å². The lowest BCUT2D eigenvalue weighted by Gasteiger charge is -2.29. The van der Waals surface area contributed by atoms with Crippen LogP contribution in [0.1, 0.15) is 37.2 Å². The lowest BCUT2D eigenvalue weighted by Crippen LogP contribution is -2.43. The molecule has 0 saturated heterocycles. The van der Waals surface area contributed by atoms with Crippen LogP contribution in [0.25, 0.3) is 0 Å². The molecule has 2 N–H and O–H groups in total. The molecule has 1 aromatic rings. The zero-order valence-corrected chi connectivity index (χ0v) is 10.6. The normalized spacial score (nSPS) is 10.6. The first-order chi connectivity index (χ1) is 8.24. The number of pyridine rings is 1. The summed E-state index contributed by atoms with van der Waals surface area (Å²) < 4.78 is 0. The SMILES string of the molecule is CCC(CC)N(CCN)C(=O)c1ccccn1. The van der Waals surface area contributed by atoms with Crippen LogP contribution in [0, 0.1) is 0 Å². The fourth-order valence-electron chi connectivity index (χ4n) is 1.95. The second-order valence-corrected chi connectivity index (χ2v) is 3.97. The maximum absolute atomic E-state index is 12.3. The van der Waals surface area contributed by atoms with E-state index in [0.29, 0.717) is 18.8 Å². The van der Waals surface area contributed by atoms with Gasteiger partial charge in [-0.1, -0.05) is 19.9 Å². The van der Waals surface area contributed by atoms with E-state index in [1.165, 1.54) is 0 Å². The molecule has 0 bridgehead atoms. The standard InChI is InChI=1S/C13H21N3O/c1-3-11(4-2)16(10-8-14)13(17)12-7-5-6-9-15-12/h5-7,9,11H,3-4,8,10,14H2,1-2H3. The van der Waals surface area contributed by atoms with Gasteiger partial charge in [-0.15, -0.1) is 0 Å². The van der Waals surface area contributed by atoms with Crippen molar-refractivity contribution >= 4 is 5.91 Å². The van der Waals surface area contributed by atoms with E-state index >= 15 is 0 Å². The Balaban J connectivity index is 2.87. The highest BCUT2D eigenvalue weighted by molar-refractivity contribution is 5.92. The molecule has 4 heteroatoms. The van der Waals surface area contributed by atoms with Crippen LogP contribution < -0.4 is 5.73 Å². The van der Waals surface area contributed by atoms with E-state index in [9.17, 15) is 4.79 Å². The van der Waals surface area contributed by atoms with Gasteiger partial charge in [0.15, 0.2) is 0 Å². The summed E-state index contributed by atoms with van der Waals surface area (Å²) in [6.45, 7) is 5.24. The molecule has 0 atom stereocenters. The molecule has 0 fully saturated rings. The highest BCUT2D eigenvalue weighted by atomic mass is 16.2. The minimum atomic E-state index is -0.0234. The van der Waals surface area contributed by atoms with Gasteiger partial charge in [-0.25, -0.2) is 0 Å². The number of hydrogen-bond donors (Lipinski definition) is 1. The van der Waals surface area contributed by atoms with Crippen LogP contribution in [0.15, 0.2) is 24.4 Å². The highest BCUT2D eigenvalue weighted by Crippen LogP contribution is 2.11. The number of hydrogen-bond acceptors (Lipinski definition) is 3. The molecule has 0 aliphatic carbocycles. The molecule has 94 valence electrons. The molecule has 0 aliphatic heterocycles. The molecule has 0 unspecified atom stereocenters. The Morgan fingerprint density at radius 3 is 2.59 bits per heavy atom. The topological polar surface area (TPSA) is 59.2 Å². The predicted molar refractivity (Wildman–Crippen MR) is 68.7 cm³/mol. The van der Waals surface area contributed by atoms with Crippen molar-refractivity contribution in [1.82, 2.24) is 9.88 Å². The molecule has 0 radical (unpaired) electrons. The fraction of sp³-hybridized carbons (Fsp3) is 0.538. The van der Waals surface area contributed by atoms with Gasteiger partial charge < -0.3 is 10.6 Å². The van der Waals surface area contributed by atoms with Crippen molar-refractivity contribution in [2.24, 2.45) is 5.73 Å². The summed E-state index contributed by atoms with van der Waals surface area (Å²) in [5, 5.41) is 0. The monoisotopic (exact) mass is 235 g/mol. The van der Waals surface area contributed by atoms with E-state index in [-0.39, 0.29) is 11.9 Å². The van der Waals surface area contributed by atoms with Crippen LogP contribution >= 0.6 is 0 Å². The van der Waals surface area contributed by atoms with Gasteiger partial charge in [-0.05, 0) is 25.0 Å². The molecule has 1 amide bonds. The van der Waals surface area contributed by atoms with Gasteiger partial charge in [-0.3, -0.25) is 9.78 Å². The smallest absolute Gasteiger partial charge is 0.272 e. The number of rotatable bonds is 6. The lowest BCUT2D eigenvalue weighted by atomic mass is 10.1. The van der Waals surface area contributed by atoms with E-state index in [2.05, 4.69) is 18.8 Å². The molecule has 1 heterocycles. The average molecular weight is 235 g/mol. The number of amides is 1. The van der Waals surface area contributed by atoms with Crippen molar-refractivity contribution in [2.75, 3.05) is 13.1 Å². The zero-order chi connectivity index (χ0) is 12.7. The maximum Gasteiger partial charge on any atom is 0.272 e. The molecule has 1 rings (SSSR count). The summed E-state index contributed by atoms with van der Waals surface area (Å²) in [5.74, 6) is -0.0234. The highest BCUT2D eigenvalue weighted by Gasteiger charge is 2.22. The molecule has 17 heavy (non-hydrogen) atoms. The van der Waals surface area contributed by atoms with E-state index in [1.807, 2.05) is 11.0 Å². The second kappa shape index (κ2) is 7.01. The van der Waals surface area contributed by atoms with Crippen molar-refractivity contribution in [3.8, 4) is 0 Å². The minimum absolute atomic E-state index is 0.0234. The fourth-order valence-corrected chi connectivity index (χ4v) is 1.95. The minimum Gasteiger partial charge on any atom is -0.333 e. The second-order valence-electron chi connectivity index (χ2n) is 3.97. The Morgan fingerprint density at radius 2 is 2.12 bits per heavy atom. The molecule has 0 spiro atoms. The number of aromatic nitrogens is 1. The molecule has 0 aromatic carbocycles. The van der Waals surface area contributed by atoms with Crippen LogP contribution in [0.5, 0.6) is 0 Å². The lowest BCUT2D eigenvalue weighted by molar-refractivity contribution is 0.0668. The third-order valence-electron chi connectivity index (χ3n) is 2.90. The number of nitrogens with two attached hydrogens (primary N) is 1. The van der Waals surface area contributed by atoms with Crippen molar-refractivity contribution in [3.63, 3.8) is 0 Å². The number of carbonyl (C=O) groups excluding carboxylic acids is 1. The van der Waals surface area contributed by atoms with Crippen LogP contribution in [0.2, 0.25) is 0 Å². The Bertz CT molecular complexity index is 336. The molecule has 4 nitrogen and oxygen atoms in total. The summed E-state index contributed by atoms with van der Waals surface area (Å²) >= 11 is 0. The third kappa shape index (κ3) is 3.53. The largest absolute Gasteiger partial charge is 0.333 e. The van der Waals surface area contributed by atoms with Crippen LogP contribution in [0.3, 0.4) is 0 Å². The van der Waals surface area contributed by atoms with Gasteiger partial charge in [0, 0.05) is 25.3 Å². The molecule has 0 saturated carbocycles. The molecular weight excluding hydrogens is 214 g/mol. The van der Waals surface area contributed by atoms with Crippen LogP contribution in [0.4, 0.5) is 0 Å². The summed E-state index contributed by atoms with van der Waals surface area (Å²) in [5.41, 5.74) is 6.07.